The molecule has 1 aliphatic carbocycles. The van der Waals surface area contributed by atoms with E-state index in [0.717, 1.165) is 18.6 Å². The third-order valence-corrected chi connectivity index (χ3v) is 4.84. The van der Waals surface area contributed by atoms with Crippen molar-refractivity contribution in [3.05, 3.63) is 29.3 Å². The van der Waals surface area contributed by atoms with Gasteiger partial charge in [0.05, 0.1) is 19.3 Å². The minimum absolute atomic E-state index is 0.0104. The summed E-state index contributed by atoms with van der Waals surface area (Å²) in [5, 5.41) is 8.83. The summed E-state index contributed by atoms with van der Waals surface area (Å²) in [6, 6.07) is 6.06. The lowest BCUT2D eigenvalue weighted by atomic mass is 10.1. The van der Waals surface area contributed by atoms with Gasteiger partial charge in [0.2, 0.25) is 0 Å². The van der Waals surface area contributed by atoms with Gasteiger partial charge in [-0.05, 0) is 49.6 Å². The van der Waals surface area contributed by atoms with Crippen LogP contribution >= 0.6 is 0 Å². The Morgan fingerprint density at radius 1 is 1.35 bits per heavy atom. The third kappa shape index (κ3) is 4.95. The van der Waals surface area contributed by atoms with Crippen LogP contribution in [0, 0.1) is 0 Å². The van der Waals surface area contributed by atoms with Crippen LogP contribution in [-0.4, -0.2) is 79.3 Å². The number of carboxylic acid groups (broad SMARTS) is 1. The number of rotatable bonds is 7. The molecule has 1 unspecified atom stereocenters. The fourth-order valence-corrected chi connectivity index (χ4v) is 3.57. The fraction of sp³-hybridized carbons (Fsp3) is 0.579. The number of carbonyl (C=O) groups is 2. The van der Waals surface area contributed by atoms with Crippen molar-refractivity contribution in [1.29, 1.82) is 0 Å². The van der Waals surface area contributed by atoms with Gasteiger partial charge in [-0.2, -0.15) is 0 Å². The van der Waals surface area contributed by atoms with Crippen molar-refractivity contribution < 1.29 is 24.2 Å². The van der Waals surface area contributed by atoms with E-state index in [1.807, 2.05) is 12.1 Å². The summed E-state index contributed by atoms with van der Waals surface area (Å²) in [6.45, 7) is 1.88. The van der Waals surface area contributed by atoms with Gasteiger partial charge in [-0.1, -0.05) is 6.07 Å². The van der Waals surface area contributed by atoms with E-state index in [1.165, 1.54) is 17.5 Å². The lowest BCUT2D eigenvalue weighted by Gasteiger charge is -2.34. The molecule has 1 aromatic rings. The number of carboxylic acids is 1. The lowest BCUT2D eigenvalue weighted by molar-refractivity contribution is -0.143. The Morgan fingerprint density at radius 3 is 2.96 bits per heavy atom. The largest absolute Gasteiger partial charge is 0.484 e. The van der Waals surface area contributed by atoms with Gasteiger partial charge in [0.1, 0.15) is 5.75 Å². The first-order chi connectivity index (χ1) is 12.5. The number of amides is 1. The predicted molar refractivity (Wildman–Crippen MR) is 95.4 cm³/mol. The number of aryl methyl sites for hydroxylation is 2. The standard InChI is InChI=1S/C19H26N2O5/c1-20(12-19(23)24)10-17-11-21(7-8-25-17)18(22)13-26-16-6-5-14-3-2-4-15(14)9-16/h5-6,9,17H,2-4,7-8,10-13H2,1H3,(H,23,24). The van der Waals surface area contributed by atoms with Crippen LogP contribution in [0.2, 0.25) is 0 Å². The van der Waals surface area contributed by atoms with Gasteiger partial charge in [-0.25, -0.2) is 0 Å². The van der Waals surface area contributed by atoms with Gasteiger partial charge in [-0.15, -0.1) is 0 Å². The fourth-order valence-electron chi connectivity index (χ4n) is 3.57. The number of nitrogens with zero attached hydrogens (tertiary/aromatic N) is 2. The van der Waals surface area contributed by atoms with E-state index < -0.39 is 5.97 Å². The van der Waals surface area contributed by atoms with E-state index in [-0.39, 0.29) is 25.2 Å². The molecular formula is C19H26N2O5. The van der Waals surface area contributed by atoms with Gasteiger partial charge in [0.25, 0.3) is 5.91 Å². The summed E-state index contributed by atoms with van der Waals surface area (Å²) in [7, 11) is 1.73. The molecule has 1 atom stereocenters. The van der Waals surface area contributed by atoms with Gasteiger partial charge < -0.3 is 19.5 Å². The Kier molecular flexibility index (Phi) is 6.11. The van der Waals surface area contributed by atoms with Crippen molar-refractivity contribution in [3.8, 4) is 5.75 Å². The van der Waals surface area contributed by atoms with Crippen molar-refractivity contribution in [3.63, 3.8) is 0 Å². The second-order valence-electron chi connectivity index (χ2n) is 7.00. The summed E-state index contributed by atoms with van der Waals surface area (Å²) >= 11 is 0. The highest BCUT2D eigenvalue weighted by Gasteiger charge is 2.26. The van der Waals surface area contributed by atoms with Crippen LogP contribution in [0.1, 0.15) is 17.5 Å². The molecular weight excluding hydrogens is 336 g/mol. The van der Waals surface area contributed by atoms with Crippen molar-refractivity contribution in [2.24, 2.45) is 0 Å². The number of likely N-dealkylation sites (N-methyl/N-ethyl adjacent to an activating group) is 1. The first-order valence-corrected chi connectivity index (χ1v) is 9.05. The zero-order chi connectivity index (χ0) is 18.5. The smallest absolute Gasteiger partial charge is 0.317 e. The Hall–Kier alpha value is -2.12. The molecule has 3 rings (SSSR count). The zero-order valence-corrected chi connectivity index (χ0v) is 15.1. The third-order valence-electron chi connectivity index (χ3n) is 4.84. The van der Waals surface area contributed by atoms with Crippen LogP contribution in [0.25, 0.3) is 0 Å². The van der Waals surface area contributed by atoms with Crippen molar-refractivity contribution in [2.75, 3.05) is 46.4 Å². The quantitative estimate of drug-likeness (QED) is 0.773. The number of hydrogen-bond donors (Lipinski definition) is 1. The molecule has 1 heterocycles. The van der Waals surface area contributed by atoms with Crippen LogP contribution in [0.15, 0.2) is 18.2 Å². The zero-order valence-electron chi connectivity index (χ0n) is 15.1. The average molecular weight is 362 g/mol. The normalized spacial score (nSPS) is 19.5. The number of benzene rings is 1. The highest BCUT2D eigenvalue weighted by molar-refractivity contribution is 5.78. The van der Waals surface area contributed by atoms with Crippen LogP contribution in [-0.2, 0) is 27.2 Å². The van der Waals surface area contributed by atoms with Gasteiger partial charge >= 0.3 is 5.97 Å². The number of morpholine rings is 1. The first-order valence-electron chi connectivity index (χ1n) is 9.05. The Morgan fingerprint density at radius 2 is 2.15 bits per heavy atom. The average Bonchev–Trinajstić information content (AvgIpc) is 3.06. The second kappa shape index (κ2) is 8.51. The maximum absolute atomic E-state index is 12.5. The minimum atomic E-state index is -0.876. The molecule has 1 amide bonds. The van der Waals surface area contributed by atoms with Crippen molar-refractivity contribution in [1.82, 2.24) is 9.80 Å². The molecule has 7 nitrogen and oxygen atoms in total. The Labute approximate surface area is 153 Å². The summed E-state index contributed by atoms with van der Waals surface area (Å²) in [4.78, 5) is 26.6. The van der Waals surface area contributed by atoms with Crippen LogP contribution in [0.4, 0.5) is 0 Å². The number of ether oxygens (including phenoxy) is 2. The summed E-state index contributed by atoms with van der Waals surface area (Å²) in [5.74, 6) is -0.205. The van der Waals surface area contributed by atoms with Crippen LogP contribution in [0.5, 0.6) is 5.75 Å². The van der Waals surface area contributed by atoms with E-state index in [0.29, 0.717) is 26.2 Å². The molecule has 0 saturated carbocycles. The molecule has 0 radical (unpaired) electrons. The molecule has 0 aromatic heterocycles. The molecule has 7 heteroatoms. The van der Waals surface area contributed by atoms with Gasteiger partial charge in [0.15, 0.2) is 6.61 Å². The minimum Gasteiger partial charge on any atom is -0.484 e. The molecule has 1 saturated heterocycles. The lowest BCUT2D eigenvalue weighted by Crippen LogP contribution is -2.50. The summed E-state index contributed by atoms with van der Waals surface area (Å²) in [6.07, 6.45) is 3.20. The predicted octanol–water partition coefficient (Wildman–Crippen LogP) is 0.798. The monoisotopic (exact) mass is 362 g/mol. The maximum Gasteiger partial charge on any atom is 0.317 e. The van der Waals surface area contributed by atoms with Gasteiger partial charge in [-0.3, -0.25) is 14.5 Å². The van der Waals surface area contributed by atoms with E-state index in [4.69, 9.17) is 14.6 Å². The summed E-state index contributed by atoms with van der Waals surface area (Å²) in [5.41, 5.74) is 2.70. The molecule has 26 heavy (non-hydrogen) atoms. The second-order valence-corrected chi connectivity index (χ2v) is 7.00. The SMILES string of the molecule is CN(CC(=O)O)CC1CN(C(=O)COc2ccc3c(c2)CCC3)CCO1. The molecule has 1 aliphatic heterocycles. The Bertz CT molecular complexity index is 663. The van der Waals surface area contributed by atoms with E-state index in [1.54, 1.807) is 16.8 Å². The molecule has 0 bridgehead atoms. The van der Waals surface area contributed by atoms with E-state index in [9.17, 15) is 9.59 Å². The van der Waals surface area contributed by atoms with Crippen molar-refractivity contribution >= 4 is 11.9 Å². The molecule has 0 spiro atoms. The highest BCUT2D eigenvalue weighted by Crippen LogP contribution is 2.26. The topological polar surface area (TPSA) is 79.3 Å². The summed E-state index contributed by atoms with van der Waals surface area (Å²) < 4.78 is 11.3. The van der Waals surface area contributed by atoms with Crippen LogP contribution < -0.4 is 4.74 Å². The number of aliphatic carboxylic acids is 1. The molecule has 1 N–H and O–H groups in total. The number of carbonyl (C=O) groups excluding carboxylic acids is 1. The van der Waals surface area contributed by atoms with Crippen molar-refractivity contribution in [2.45, 2.75) is 25.4 Å². The molecule has 1 aromatic carbocycles. The maximum atomic E-state index is 12.5. The number of hydrogen-bond acceptors (Lipinski definition) is 5. The first kappa shape index (κ1) is 18.7. The highest BCUT2D eigenvalue weighted by atomic mass is 16.5. The molecule has 1 fully saturated rings. The molecule has 2 aliphatic rings. The molecule has 142 valence electrons. The van der Waals surface area contributed by atoms with Gasteiger partial charge in [0, 0.05) is 19.6 Å². The van der Waals surface area contributed by atoms with Crippen LogP contribution in [0.3, 0.4) is 0 Å². The number of fused-ring (bicyclic) bond motifs is 1. The van der Waals surface area contributed by atoms with E-state index >= 15 is 0 Å². The Balaban J connectivity index is 1.47. The van der Waals surface area contributed by atoms with E-state index in [2.05, 4.69) is 6.07 Å².